The molecule has 0 fully saturated rings. The average molecular weight is 554 g/mol. The van der Waals surface area contributed by atoms with Gasteiger partial charge in [0.25, 0.3) is 10.1 Å². The molecule has 1 amide bonds. The molecule has 3 atom stereocenters. The molecule has 1 heterocycles. The number of ether oxygens (including phenoxy) is 1. The molecule has 1 aliphatic heterocycles. The molecule has 3 unspecified atom stereocenters. The van der Waals surface area contributed by atoms with Gasteiger partial charge in [-0.1, -0.05) is 60.7 Å². The zero-order valence-corrected chi connectivity index (χ0v) is 22.6. The molecule has 0 aromatic heterocycles. The van der Waals surface area contributed by atoms with E-state index in [9.17, 15) is 17.6 Å². The van der Waals surface area contributed by atoms with Crippen LogP contribution in [0.3, 0.4) is 0 Å². The van der Waals surface area contributed by atoms with Gasteiger partial charge in [0.1, 0.15) is 18.5 Å². The predicted molar refractivity (Wildman–Crippen MR) is 147 cm³/mol. The first kappa shape index (κ1) is 28.3. The molecule has 4 rings (SSSR count). The first-order valence-corrected chi connectivity index (χ1v) is 14.2. The van der Waals surface area contributed by atoms with Crippen molar-refractivity contribution in [1.29, 1.82) is 0 Å². The van der Waals surface area contributed by atoms with Crippen LogP contribution in [0, 0.1) is 5.82 Å². The summed E-state index contributed by atoms with van der Waals surface area (Å²) in [6.07, 6.45) is 1.78. The van der Waals surface area contributed by atoms with Crippen LogP contribution < -0.4 is 5.32 Å². The van der Waals surface area contributed by atoms with Crippen LogP contribution in [-0.2, 0) is 30.4 Å². The number of halogens is 1. The van der Waals surface area contributed by atoms with Gasteiger partial charge in [0.15, 0.2) is 0 Å². The van der Waals surface area contributed by atoms with E-state index in [1.54, 1.807) is 17.3 Å². The highest BCUT2D eigenvalue weighted by atomic mass is 32.2. The summed E-state index contributed by atoms with van der Waals surface area (Å²) >= 11 is 0. The standard InChI is InChI=1S/C29H32FN3O5S/c1-3-39(35,36)38-29-32(20-27(34)31-26-16-14-25(30)15-17-26)18-19-33(29)22(2)28(24-12-8-5-9-13-24)37-21-23-10-6-4-7-11-23/h4-19,22,28-29H,3,20-21H2,1-2H3,(H,31,34). The van der Waals surface area contributed by atoms with Crippen molar-refractivity contribution in [3.05, 3.63) is 114 Å². The van der Waals surface area contributed by atoms with Crippen molar-refractivity contribution in [2.75, 3.05) is 17.6 Å². The normalized spacial score (nSPS) is 16.7. The average Bonchev–Trinajstić information content (AvgIpc) is 3.32. The molecule has 0 spiro atoms. The maximum Gasteiger partial charge on any atom is 0.270 e. The van der Waals surface area contributed by atoms with E-state index in [4.69, 9.17) is 8.92 Å². The van der Waals surface area contributed by atoms with E-state index in [1.807, 2.05) is 67.6 Å². The fourth-order valence-electron chi connectivity index (χ4n) is 4.23. The molecule has 0 radical (unpaired) electrons. The Bertz CT molecular complexity index is 1350. The van der Waals surface area contributed by atoms with Gasteiger partial charge >= 0.3 is 0 Å². The lowest BCUT2D eigenvalue weighted by Crippen LogP contribution is -2.49. The Labute approximate surface area is 228 Å². The van der Waals surface area contributed by atoms with Crippen molar-refractivity contribution in [2.24, 2.45) is 0 Å². The maximum absolute atomic E-state index is 13.2. The minimum Gasteiger partial charge on any atom is -0.367 e. The Kier molecular flexibility index (Phi) is 9.34. The molecule has 0 saturated heterocycles. The first-order valence-electron chi connectivity index (χ1n) is 12.6. The Morgan fingerprint density at radius 2 is 1.62 bits per heavy atom. The van der Waals surface area contributed by atoms with Gasteiger partial charge in [0, 0.05) is 18.1 Å². The summed E-state index contributed by atoms with van der Waals surface area (Å²) in [6.45, 7) is 3.57. The summed E-state index contributed by atoms with van der Waals surface area (Å²) in [6, 6.07) is 24.4. The van der Waals surface area contributed by atoms with Crippen LogP contribution in [-0.4, -0.2) is 48.8 Å². The van der Waals surface area contributed by atoms with E-state index < -0.39 is 34.3 Å². The lowest BCUT2D eigenvalue weighted by Gasteiger charge is -2.38. The molecular formula is C29H32FN3O5S. The third kappa shape index (κ3) is 7.66. The SMILES string of the molecule is CCS(=O)(=O)OC1N(CC(=O)Nc2ccc(F)cc2)C=CN1C(C)C(OCc1ccccc1)c1ccccc1. The van der Waals surface area contributed by atoms with Gasteiger partial charge in [-0.15, -0.1) is 0 Å². The smallest absolute Gasteiger partial charge is 0.270 e. The van der Waals surface area contributed by atoms with Crippen molar-refractivity contribution in [2.45, 2.75) is 39.0 Å². The van der Waals surface area contributed by atoms with Crippen LogP contribution in [0.4, 0.5) is 10.1 Å². The molecule has 3 aromatic rings. The Morgan fingerprint density at radius 1 is 0.974 bits per heavy atom. The van der Waals surface area contributed by atoms with Crippen molar-refractivity contribution >= 4 is 21.7 Å². The lowest BCUT2D eigenvalue weighted by atomic mass is 10.0. The van der Waals surface area contributed by atoms with E-state index in [2.05, 4.69) is 5.32 Å². The highest BCUT2D eigenvalue weighted by Gasteiger charge is 2.38. The maximum atomic E-state index is 13.2. The lowest BCUT2D eigenvalue weighted by molar-refractivity contribution is -0.122. The second-order valence-corrected chi connectivity index (χ2v) is 11.0. The minimum atomic E-state index is -3.88. The van der Waals surface area contributed by atoms with Crippen molar-refractivity contribution in [1.82, 2.24) is 9.80 Å². The second kappa shape index (κ2) is 12.9. The van der Waals surface area contributed by atoms with Crippen molar-refractivity contribution < 1.29 is 26.5 Å². The highest BCUT2D eigenvalue weighted by molar-refractivity contribution is 7.86. The fourth-order valence-corrected chi connectivity index (χ4v) is 4.83. The number of nitrogens with zero attached hydrogens (tertiary/aromatic N) is 2. The van der Waals surface area contributed by atoms with Gasteiger partial charge in [0.05, 0.1) is 18.4 Å². The third-order valence-corrected chi connectivity index (χ3v) is 7.49. The molecule has 206 valence electrons. The predicted octanol–water partition coefficient (Wildman–Crippen LogP) is 4.85. The summed E-state index contributed by atoms with van der Waals surface area (Å²) < 4.78 is 50.3. The van der Waals surface area contributed by atoms with E-state index in [0.29, 0.717) is 12.3 Å². The molecule has 0 aliphatic carbocycles. The second-order valence-electron chi connectivity index (χ2n) is 9.11. The number of benzene rings is 3. The number of nitrogens with one attached hydrogen (secondary N) is 1. The molecule has 1 aliphatic rings. The van der Waals surface area contributed by atoms with Gasteiger partial charge in [-0.25, -0.2) is 8.57 Å². The number of hydrogen-bond acceptors (Lipinski definition) is 7. The number of hydrogen-bond donors (Lipinski definition) is 1. The summed E-state index contributed by atoms with van der Waals surface area (Å²) in [4.78, 5) is 16.0. The quantitative estimate of drug-likeness (QED) is 0.321. The largest absolute Gasteiger partial charge is 0.367 e. The number of rotatable bonds is 12. The fraction of sp³-hybridized carbons (Fsp3) is 0.276. The van der Waals surface area contributed by atoms with Gasteiger partial charge in [-0.05, 0) is 49.2 Å². The molecule has 8 nitrogen and oxygen atoms in total. The van der Waals surface area contributed by atoms with Gasteiger partial charge in [-0.2, -0.15) is 8.42 Å². The summed E-state index contributed by atoms with van der Waals surface area (Å²) in [7, 11) is -3.88. The minimum absolute atomic E-state index is 0.193. The van der Waals surface area contributed by atoms with Crippen molar-refractivity contribution in [3.63, 3.8) is 0 Å². The zero-order chi connectivity index (χ0) is 27.8. The van der Waals surface area contributed by atoms with Gasteiger partial charge < -0.3 is 19.9 Å². The molecule has 39 heavy (non-hydrogen) atoms. The van der Waals surface area contributed by atoms with Gasteiger partial charge in [0.2, 0.25) is 12.3 Å². The number of amides is 1. The van der Waals surface area contributed by atoms with Gasteiger partial charge in [-0.3, -0.25) is 4.79 Å². The topological polar surface area (TPSA) is 88.2 Å². The molecule has 10 heteroatoms. The number of carbonyl (C=O) groups is 1. The molecule has 0 saturated carbocycles. The van der Waals surface area contributed by atoms with Crippen LogP contribution in [0.25, 0.3) is 0 Å². The summed E-state index contributed by atoms with van der Waals surface area (Å²) in [5, 5.41) is 2.70. The Hall–Kier alpha value is -3.73. The number of carbonyl (C=O) groups excluding carboxylic acids is 1. The Balaban J connectivity index is 1.55. The summed E-state index contributed by atoms with van der Waals surface area (Å²) in [5.74, 6) is -1.06. The van der Waals surface area contributed by atoms with Crippen LogP contribution in [0.15, 0.2) is 97.3 Å². The van der Waals surface area contributed by atoms with E-state index in [0.717, 1.165) is 11.1 Å². The monoisotopic (exact) mass is 553 g/mol. The highest BCUT2D eigenvalue weighted by Crippen LogP contribution is 2.32. The van der Waals surface area contributed by atoms with Crippen molar-refractivity contribution in [3.8, 4) is 0 Å². The van der Waals surface area contributed by atoms with E-state index in [-0.39, 0.29) is 18.3 Å². The van der Waals surface area contributed by atoms with Crippen LogP contribution in [0.5, 0.6) is 0 Å². The Morgan fingerprint density at radius 3 is 2.26 bits per heavy atom. The van der Waals surface area contributed by atoms with E-state index >= 15 is 0 Å². The molecule has 3 aromatic carbocycles. The molecule has 1 N–H and O–H groups in total. The first-order chi connectivity index (χ1) is 18.8. The third-order valence-electron chi connectivity index (χ3n) is 6.32. The van der Waals surface area contributed by atoms with E-state index in [1.165, 1.54) is 36.1 Å². The van der Waals surface area contributed by atoms with Crippen LogP contribution in [0.1, 0.15) is 31.1 Å². The summed E-state index contributed by atoms with van der Waals surface area (Å²) in [5.41, 5.74) is 2.34. The van der Waals surface area contributed by atoms with Crippen LogP contribution >= 0.6 is 0 Å². The molecular weight excluding hydrogens is 521 g/mol. The zero-order valence-electron chi connectivity index (χ0n) is 21.8. The van der Waals surface area contributed by atoms with Crippen LogP contribution in [0.2, 0.25) is 0 Å². The molecule has 0 bridgehead atoms. The number of anilines is 1.